The van der Waals surface area contributed by atoms with E-state index in [1.165, 1.54) is 30.3 Å². The van der Waals surface area contributed by atoms with Crippen LogP contribution in [-0.2, 0) is 24.1 Å². The Morgan fingerprint density at radius 2 is 1.77 bits per heavy atom. The van der Waals surface area contributed by atoms with Gasteiger partial charge in [0.25, 0.3) is 5.56 Å². The number of nitrogens with zero attached hydrogens (tertiary/aromatic N) is 2. The highest BCUT2D eigenvalue weighted by Gasteiger charge is 2.32. The fourth-order valence-corrected chi connectivity index (χ4v) is 2.81. The minimum Gasteiger partial charge on any atom is -0.497 e. The number of halogens is 3. The van der Waals surface area contributed by atoms with Gasteiger partial charge in [0.05, 0.1) is 18.4 Å². The van der Waals surface area contributed by atoms with Gasteiger partial charge in [-0.05, 0) is 42.0 Å². The molecule has 0 radical (unpaired) electrons. The topological polar surface area (TPSA) is 73.2 Å². The minimum atomic E-state index is -4.52. The second-order valence-corrected chi connectivity index (χ2v) is 6.37. The maximum Gasteiger partial charge on any atom is 0.416 e. The Kier molecular flexibility index (Phi) is 6.20. The van der Waals surface area contributed by atoms with E-state index >= 15 is 0 Å². The fraction of sp³-hybridized carbons (Fsp3) is 0.190. The molecule has 1 aromatic heterocycles. The number of rotatable bonds is 6. The fourth-order valence-electron chi connectivity index (χ4n) is 2.81. The monoisotopic (exact) mass is 417 g/mol. The second kappa shape index (κ2) is 8.81. The van der Waals surface area contributed by atoms with Crippen molar-refractivity contribution in [1.82, 2.24) is 15.1 Å². The highest BCUT2D eigenvalue weighted by atomic mass is 19.4. The number of amides is 1. The molecule has 0 bridgehead atoms. The predicted molar refractivity (Wildman–Crippen MR) is 104 cm³/mol. The predicted octanol–water partition coefficient (Wildman–Crippen LogP) is 3.25. The molecule has 0 saturated heterocycles. The molecule has 6 nitrogen and oxygen atoms in total. The van der Waals surface area contributed by atoms with Crippen LogP contribution in [0.25, 0.3) is 11.3 Å². The summed E-state index contributed by atoms with van der Waals surface area (Å²) in [4.78, 5) is 24.3. The number of carbonyl (C=O) groups excluding carboxylic acids is 1. The molecule has 1 heterocycles. The Hall–Kier alpha value is -3.62. The van der Waals surface area contributed by atoms with E-state index < -0.39 is 29.8 Å². The number of methoxy groups -OCH3 is 1. The van der Waals surface area contributed by atoms with Gasteiger partial charge in [0, 0.05) is 18.2 Å². The van der Waals surface area contributed by atoms with Crippen molar-refractivity contribution in [2.75, 3.05) is 7.11 Å². The molecule has 0 aliphatic rings. The number of aromatic nitrogens is 2. The van der Waals surface area contributed by atoms with Gasteiger partial charge in [-0.2, -0.15) is 18.3 Å². The summed E-state index contributed by atoms with van der Waals surface area (Å²) in [7, 11) is 1.54. The molecule has 0 aliphatic heterocycles. The van der Waals surface area contributed by atoms with Crippen LogP contribution in [0.4, 0.5) is 13.2 Å². The van der Waals surface area contributed by atoms with E-state index in [-0.39, 0.29) is 12.1 Å². The lowest BCUT2D eigenvalue weighted by molar-refractivity contribution is -0.138. The molecular formula is C21H18F3N3O3. The number of hydrogen-bond donors (Lipinski definition) is 1. The van der Waals surface area contributed by atoms with Crippen molar-refractivity contribution in [3.05, 3.63) is 82.1 Å². The van der Waals surface area contributed by atoms with E-state index in [2.05, 4.69) is 10.4 Å². The van der Waals surface area contributed by atoms with Crippen LogP contribution in [0.15, 0.2) is 65.5 Å². The van der Waals surface area contributed by atoms with Crippen LogP contribution in [0, 0.1) is 0 Å². The first-order valence-corrected chi connectivity index (χ1v) is 8.92. The van der Waals surface area contributed by atoms with Gasteiger partial charge in [0.2, 0.25) is 5.91 Å². The van der Waals surface area contributed by atoms with Crippen molar-refractivity contribution in [3.8, 4) is 17.0 Å². The molecule has 0 saturated carbocycles. The van der Waals surface area contributed by atoms with Gasteiger partial charge < -0.3 is 10.1 Å². The lowest BCUT2D eigenvalue weighted by Gasteiger charge is -2.13. The molecule has 0 spiro atoms. The molecule has 0 unspecified atom stereocenters. The third-order valence-corrected chi connectivity index (χ3v) is 4.34. The third-order valence-electron chi connectivity index (χ3n) is 4.34. The molecule has 3 rings (SSSR count). The molecule has 156 valence electrons. The van der Waals surface area contributed by atoms with Crippen LogP contribution in [0.1, 0.15) is 11.1 Å². The van der Waals surface area contributed by atoms with Crippen LogP contribution in [-0.4, -0.2) is 22.8 Å². The Bertz CT molecular complexity index is 1090. The Morgan fingerprint density at radius 3 is 2.43 bits per heavy atom. The largest absolute Gasteiger partial charge is 0.497 e. The van der Waals surface area contributed by atoms with E-state index in [1.54, 1.807) is 31.4 Å². The molecule has 9 heteroatoms. The maximum absolute atomic E-state index is 13.0. The first-order valence-electron chi connectivity index (χ1n) is 8.92. The standard InChI is InChI=1S/C21H18F3N3O3/c1-30-16-8-6-14(7-9-16)18-10-11-20(29)27(26-18)13-19(28)25-12-15-4-2-3-5-17(15)21(22,23)24/h2-11H,12-13H2,1H3,(H,25,28). The van der Waals surface area contributed by atoms with Crippen molar-refractivity contribution < 1.29 is 22.7 Å². The average Bonchev–Trinajstić information content (AvgIpc) is 2.73. The summed E-state index contributed by atoms with van der Waals surface area (Å²) < 4.78 is 45.2. The van der Waals surface area contributed by atoms with E-state index in [0.717, 1.165) is 10.7 Å². The van der Waals surface area contributed by atoms with Crippen molar-refractivity contribution in [2.45, 2.75) is 19.3 Å². The lowest BCUT2D eigenvalue weighted by Crippen LogP contribution is -2.33. The van der Waals surface area contributed by atoms with Crippen LogP contribution >= 0.6 is 0 Å². The number of ether oxygens (including phenoxy) is 1. The normalized spacial score (nSPS) is 11.2. The zero-order valence-electron chi connectivity index (χ0n) is 15.9. The van der Waals surface area contributed by atoms with Crippen LogP contribution in [0.5, 0.6) is 5.75 Å². The van der Waals surface area contributed by atoms with Gasteiger partial charge >= 0.3 is 6.18 Å². The first-order chi connectivity index (χ1) is 14.3. The molecule has 2 aromatic carbocycles. The lowest BCUT2D eigenvalue weighted by atomic mass is 10.1. The van der Waals surface area contributed by atoms with Crippen molar-refractivity contribution in [3.63, 3.8) is 0 Å². The highest BCUT2D eigenvalue weighted by molar-refractivity contribution is 5.75. The minimum absolute atomic E-state index is 0.0642. The Morgan fingerprint density at radius 1 is 1.07 bits per heavy atom. The molecule has 1 N–H and O–H groups in total. The smallest absolute Gasteiger partial charge is 0.416 e. The molecule has 1 amide bonds. The number of nitrogens with one attached hydrogen (secondary N) is 1. The van der Waals surface area contributed by atoms with Crippen molar-refractivity contribution in [1.29, 1.82) is 0 Å². The van der Waals surface area contributed by atoms with Gasteiger partial charge in [-0.15, -0.1) is 0 Å². The van der Waals surface area contributed by atoms with E-state index in [4.69, 9.17) is 4.74 Å². The van der Waals surface area contributed by atoms with Crippen LogP contribution in [0.3, 0.4) is 0 Å². The number of alkyl halides is 3. The van der Waals surface area contributed by atoms with Crippen molar-refractivity contribution in [2.24, 2.45) is 0 Å². The zero-order chi connectivity index (χ0) is 21.7. The second-order valence-electron chi connectivity index (χ2n) is 6.37. The van der Waals surface area contributed by atoms with Gasteiger partial charge in [-0.1, -0.05) is 18.2 Å². The third kappa shape index (κ3) is 5.05. The SMILES string of the molecule is COc1ccc(-c2ccc(=O)n(CC(=O)NCc3ccccc3C(F)(F)F)n2)cc1. The maximum atomic E-state index is 13.0. The summed E-state index contributed by atoms with van der Waals surface area (Å²) in [5, 5.41) is 6.58. The summed E-state index contributed by atoms with van der Waals surface area (Å²) in [5.41, 5.74) is -0.206. The zero-order valence-corrected chi connectivity index (χ0v) is 15.9. The summed E-state index contributed by atoms with van der Waals surface area (Å²) in [6.07, 6.45) is -4.52. The van der Waals surface area contributed by atoms with Gasteiger partial charge in [-0.3, -0.25) is 9.59 Å². The van der Waals surface area contributed by atoms with Gasteiger partial charge in [0.15, 0.2) is 0 Å². The van der Waals surface area contributed by atoms with Crippen LogP contribution < -0.4 is 15.6 Å². The van der Waals surface area contributed by atoms with Crippen molar-refractivity contribution >= 4 is 5.91 Å². The molecule has 0 atom stereocenters. The van der Waals surface area contributed by atoms with E-state index in [0.29, 0.717) is 17.0 Å². The van der Waals surface area contributed by atoms with E-state index in [1.807, 2.05) is 0 Å². The number of benzene rings is 2. The average molecular weight is 417 g/mol. The van der Waals surface area contributed by atoms with Gasteiger partial charge in [0.1, 0.15) is 12.3 Å². The number of hydrogen-bond acceptors (Lipinski definition) is 4. The summed E-state index contributed by atoms with van der Waals surface area (Å²) >= 11 is 0. The van der Waals surface area contributed by atoms with Crippen LogP contribution in [0.2, 0.25) is 0 Å². The molecule has 30 heavy (non-hydrogen) atoms. The molecule has 3 aromatic rings. The summed E-state index contributed by atoms with van der Waals surface area (Å²) in [6, 6.07) is 14.8. The summed E-state index contributed by atoms with van der Waals surface area (Å²) in [6.45, 7) is -0.738. The highest BCUT2D eigenvalue weighted by Crippen LogP contribution is 2.31. The van der Waals surface area contributed by atoms with E-state index in [9.17, 15) is 22.8 Å². The van der Waals surface area contributed by atoms with Gasteiger partial charge in [-0.25, -0.2) is 4.68 Å². The molecular weight excluding hydrogens is 399 g/mol. The first kappa shape index (κ1) is 21.1. The Balaban J connectivity index is 1.72. The molecule has 0 fully saturated rings. The Labute approximate surface area is 169 Å². The number of carbonyl (C=O) groups is 1. The molecule has 0 aliphatic carbocycles. The quantitative estimate of drug-likeness (QED) is 0.668. The summed E-state index contributed by atoms with van der Waals surface area (Å²) in [5.74, 6) is 0.0269.